The number of hydrogen-bond acceptors (Lipinski definition) is 4. The van der Waals surface area contributed by atoms with Crippen molar-refractivity contribution in [1.29, 1.82) is 0 Å². The van der Waals surface area contributed by atoms with E-state index in [0.717, 1.165) is 7.11 Å². The van der Waals surface area contributed by atoms with Gasteiger partial charge in [0.2, 0.25) is 0 Å². The van der Waals surface area contributed by atoms with E-state index in [1.54, 1.807) is 0 Å². The molecule has 1 aliphatic rings. The largest absolute Gasteiger partial charge is 0.468 e. The van der Waals surface area contributed by atoms with Crippen LogP contribution in [-0.4, -0.2) is 37.1 Å². The first-order valence-electron chi connectivity index (χ1n) is 3.79. The van der Waals surface area contributed by atoms with Gasteiger partial charge in [0, 0.05) is 6.42 Å². The van der Waals surface area contributed by atoms with Crippen LogP contribution in [0.3, 0.4) is 0 Å². The molecule has 0 aromatic carbocycles. The summed E-state index contributed by atoms with van der Waals surface area (Å²) in [7, 11) is 1.01. The van der Waals surface area contributed by atoms with Gasteiger partial charge in [-0.2, -0.15) is 13.2 Å². The molecular weight excluding hydrogens is 203 g/mol. The Morgan fingerprint density at radius 3 is 2.50 bits per heavy atom. The molecule has 7 heteroatoms. The highest BCUT2D eigenvalue weighted by Crippen LogP contribution is 2.27. The molecule has 1 aliphatic heterocycles. The summed E-state index contributed by atoms with van der Waals surface area (Å²) >= 11 is 0. The monoisotopic (exact) mass is 211 g/mol. The topological polar surface area (TPSA) is 55.4 Å². The second-order valence-electron chi connectivity index (χ2n) is 2.89. The summed E-state index contributed by atoms with van der Waals surface area (Å²) < 4.78 is 40.5. The number of Topliss-reactive ketones (excluding diaryl/α,β-unsaturated/α-hetero) is 1. The Morgan fingerprint density at radius 1 is 1.57 bits per heavy atom. The summed E-state index contributed by atoms with van der Waals surface area (Å²) in [6.45, 7) is 0. The van der Waals surface area contributed by atoms with Crippen molar-refractivity contribution in [3.05, 3.63) is 0 Å². The van der Waals surface area contributed by atoms with E-state index >= 15 is 0 Å². The number of esters is 1. The van der Waals surface area contributed by atoms with Crippen LogP contribution in [0.4, 0.5) is 13.2 Å². The summed E-state index contributed by atoms with van der Waals surface area (Å²) in [6.07, 6.45) is -5.23. The molecule has 0 radical (unpaired) electrons. The van der Waals surface area contributed by atoms with Crippen LogP contribution in [0, 0.1) is 0 Å². The highest BCUT2D eigenvalue weighted by molar-refractivity contribution is 6.05. The third kappa shape index (κ3) is 2.03. The second kappa shape index (κ2) is 3.56. The molecule has 0 aromatic rings. The van der Waals surface area contributed by atoms with Gasteiger partial charge < -0.3 is 4.74 Å². The predicted octanol–water partition coefficient (Wildman–Crippen LogP) is 0.0213. The molecule has 1 rings (SSSR count). The Kier molecular flexibility index (Phi) is 2.79. The van der Waals surface area contributed by atoms with Crippen LogP contribution in [0.15, 0.2) is 0 Å². The average Bonchev–Trinajstić information content (AvgIpc) is 2.45. The second-order valence-corrected chi connectivity index (χ2v) is 2.89. The summed E-state index contributed by atoms with van der Waals surface area (Å²) in [5.41, 5.74) is 0. The lowest BCUT2D eigenvalue weighted by molar-refractivity contribution is -0.155. The molecule has 0 spiro atoms. The molecule has 0 aromatic heterocycles. The lowest BCUT2D eigenvalue weighted by Crippen LogP contribution is -2.44. The van der Waals surface area contributed by atoms with Gasteiger partial charge in [-0.3, -0.25) is 10.1 Å². The van der Waals surface area contributed by atoms with Crippen LogP contribution in [0.5, 0.6) is 0 Å². The highest BCUT2D eigenvalue weighted by Gasteiger charge is 2.50. The normalized spacial score (nSPS) is 27.9. The van der Waals surface area contributed by atoms with Crippen molar-refractivity contribution < 1.29 is 27.5 Å². The molecule has 0 aliphatic carbocycles. The first kappa shape index (κ1) is 11.0. The van der Waals surface area contributed by atoms with E-state index in [0.29, 0.717) is 0 Å². The minimum absolute atomic E-state index is 0.719. The SMILES string of the molecule is COC(=O)C1NC(C(F)(F)F)CC1=O. The fourth-order valence-corrected chi connectivity index (χ4v) is 1.20. The first-order chi connectivity index (χ1) is 6.36. The van der Waals surface area contributed by atoms with Gasteiger partial charge in [0.25, 0.3) is 0 Å². The molecule has 1 heterocycles. The van der Waals surface area contributed by atoms with Crippen molar-refractivity contribution in [2.45, 2.75) is 24.7 Å². The molecule has 80 valence electrons. The van der Waals surface area contributed by atoms with E-state index in [1.165, 1.54) is 0 Å². The van der Waals surface area contributed by atoms with Crippen molar-refractivity contribution in [1.82, 2.24) is 5.32 Å². The maximum absolute atomic E-state index is 12.1. The quantitative estimate of drug-likeness (QED) is 0.490. The van der Waals surface area contributed by atoms with Crippen LogP contribution >= 0.6 is 0 Å². The molecule has 0 bridgehead atoms. The highest BCUT2D eigenvalue weighted by atomic mass is 19.4. The van der Waals surface area contributed by atoms with Gasteiger partial charge in [-0.15, -0.1) is 0 Å². The fourth-order valence-electron chi connectivity index (χ4n) is 1.20. The zero-order chi connectivity index (χ0) is 10.9. The number of alkyl halides is 3. The number of methoxy groups -OCH3 is 1. The number of halogens is 3. The first-order valence-corrected chi connectivity index (χ1v) is 3.79. The number of hydrogen-bond donors (Lipinski definition) is 1. The molecule has 1 N–H and O–H groups in total. The molecular formula is C7H8F3NO3. The van der Waals surface area contributed by atoms with Gasteiger partial charge in [0.15, 0.2) is 11.8 Å². The van der Waals surface area contributed by atoms with E-state index in [1.807, 2.05) is 5.32 Å². The smallest absolute Gasteiger partial charge is 0.404 e. The van der Waals surface area contributed by atoms with E-state index in [-0.39, 0.29) is 0 Å². The summed E-state index contributed by atoms with van der Waals surface area (Å²) in [5, 5.41) is 1.88. The summed E-state index contributed by atoms with van der Waals surface area (Å²) in [5.74, 6) is -1.78. The molecule has 1 saturated heterocycles. The zero-order valence-corrected chi connectivity index (χ0v) is 7.22. The third-order valence-corrected chi connectivity index (χ3v) is 1.93. The van der Waals surface area contributed by atoms with Crippen LogP contribution in [0.2, 0.25) is 0 Å². The Hall–Kier alpha value is -1.11. The molecule has 4 nitrogen and oxygen atoms in total. The minimum atomic E-state index is -4.52. The van der Waals surface area contributed by atoms with Gasteiger partial charge in [-0.1, -0.05) is 0 Å². The van der Waals surface area contributed by atoms with Gasteiger partial charge in [0.05, 0.1) is 7.11 Å². The number of ketones is 1. The number of ether oxygens (including phenoxy) is 1. The van der Waals surface area contributed by atoms with Crippen LogP contribution in [-0.2, 0) is 14.3 Å². The Bertz CT molecular complexity index is 263. The summed E-state index contributed by atoms with van der Waals surface area (Å²) in [4.78, 5) is 21.8. The lowest BCUT2D eigenvalue weighted by atomic mass is 10.1. The van der Waals surface area contributed by atoms with Crippen LogP contribution < -0.4 is 5.32 Å². The van der Waals surface area contributed by atoms with E-state index in [4.69, 9.17) is 0 Å². The number of carbonyl (C=O) groups excluding carboxylic acids is 2. The number of rotatable bonds is 1. The van der Waals surface area contributed by atoms with Crippen molar-refractivity contribution in [3.8, 4) is 0 Å². The van der Waals surface area contributed by atoms with Crippen molar-refractivity contribution in [3.63, 3.8) is 0 Å². The minimum Gasteiger partial charge on any atom is -0.468 e. The Labute approximate surface area is 77.4 Å². The zero-order valence-electron chi connectivity index (χ0n) is 7.22. The van der Waals surface area contributed by atoms with Gasteiger partial charge >= 0.3 is 12.1 Å². The van der Waals surface area contributed by atoms with Gasteiger partial charge in [0.1, 0.15) is 6.04 Å². The van der Waals surface area contributed by atoms with Crippen LogP contribution in [0.25, 0.3) is 0 Å². The fraction of sp³-hybridized carbons (Fsp3) is 0.714. The lowest BCUT2D eigenvalue weighted by Gasteiger charge is -2.14. The van der Waals surface area contributed by atoms with Gasteiger partial charge in [-0.05, 0) is 0 Å². The maximum Gasteiger partial charge on any atom is 0.404 e. The van der Waals surface area contributed by atoms with E-state index < -0.39 is 36.4 Å². The van der Waals surface area contributed by atoms with Crippen molar-refractivity contribution in [2.75, 3.05) is 7.11 Å². The number of nitrogens with one attached hydrogen (secondary N) is 1. The predicted molar refractivity (Wildman–Crippen MR) is 38.4 cm³/mol. The molecule has 0 saturated carbocycles. The van der Waals surface area contributed by atoms with E-state index in [9.17, 15) is 22.8 Å². The molecule has 2 atom stereocenters. The van der Waals surface area contributed by atoms with Crippen molar-refractivity contribution >= 4 is 11.8 Å². The van der Waals surface area contributed by atoms with E-state index in [2.05, 4.69) is 4.74 Å². The van der Waals surface area contributed by atoms with Crippen molar-refractivity contribution in [2.24, 2.45) is 0 Å². The third-order valence-electron chi connectivity index (χ3n) is 1.93. The van der Waals surface area contributed by atoms with Gasteiger partial charge in [-0.25, -0.2) is 4.79 Å². The molecule has 1 fully saturated rings. The Morgan fingerprint density at radius 2 is 2.14 bits per heavy atom. The standard InChI is InChI=1S/C7H8F3NO3/c1-14-6(13)5-3(12)2-4(11-5)7(8,9)10/h4-5,11H,2H2,1H3. The molecule has 2 unspecified atom stereocenters. The molecule has 0 amide bonds. The molecule has 14 heavy (non-hydrogen) atoms. The summed E-state index contributed by atoms with van der Waals surface area (Å²) in [6, 6.07) is -3.43. The average molecular weight is 211 g/mol. The maximum atomic E-state index is 12.1. The number of carbonyl (C=O) groups is 2. The Balaban J connectivity index is 2.70. The van der Waals surface area contributed by atoms with Crippen LogP contribution in [0.1, 0.15) is 6.42 Å².